The molecule has 8 heteroatoms. The normalized spacial score (nSPS) is 10.2. The number of rotatable bonds is 9. The molecule has 0 saturated carbocycles. The molecule has 144 valence electrons. The first kappa shape index (κ1) is 21.3. The summed E-state index contributed by atoms with van der Waals surface area (Å²) in [5.74, 6) is -0.457. The fourth-order valence-corrected chi connectivity index (χ4v) is 1.91. The zero-order valence-electron chi connectivity index (χ0n) is 15.6. The van der Waals surface area contributed by atoms with E-state index in [2.05, 4.69) is 10.6 Å². The third-order valence-electron chi connectivity index (χ3n) is 2.95. The smallest absolute Gasteiger partial charge is 0.338 e. The molecule has 0 unspecified atom stereocenters. The van der Waals surface area contributed by atoms with E-state index in [1.807, 2.05) is 13.8 Å². The Labute approximate surface area is 153 Å². The monoisotopic (exact) mass is 366 g/mol. The second kappa shape index (κ2) is 11.0. The van der Waals surface area contributed by atoms with E-state index in [0.717, 1.165) is 6.42 Å². The second-order valence-electron chi connectivity index (χ2n) is 5.70. The number of hydrogen-bond acceptors (Lipinski definition) is 6. The van der Waals surface area contributed by atoms with Crippen molar-refractivity contribution in [2.24, 2.45) is 0 Å². The third kappa shape index (κ3) is 7.42. The van der Waals surface area contributed by atoms with Crippen LogP contribution in [-0.2, 0) is 9.53 Å². The minimum absolute atomic E-state index is 0.115. The van der Waals surface area contributed by atoms with Gasteiger partial charge in [0.05, 0.1) is 18.8 Å². The van der Waals surface area contributed by atoms with Crippen LogP contribution in [0, 0.1) is 0 Å². The van der Waals surface area contributed by atoms with Gasteiger partial charge in [0, 0.05) is 6.04 Å². The third-order valence-corrected chi connectivity index (χ3v) is 2.95. The Kier molecular flexibility index (Phi) is 8.97. The van der Waals surface area contributed by atoms with Gasteiger partial charge in [0.15, 0.2) is 18.1 Å². The quantitative estimate of drug-likeness (QED) is 0.650. The summed E-state index contributed by atoms with van der Waals surface area (Å²) in [7, 11) is 0. The number of carbonyl (C=O) groups is 3. The molecular weight excluding hydrogens is 340 g/mol. The van der Waals surface area contributed by atoms with E-state index in [4.69, 9.17) is 14.2 Å². The summed E-state index contributed by atoms with van der Waals surface area (Å²) in [4.78, 5) is 35.1. The zero-order valence-corrected chi connectivity index (χ0v) is 15.6. The highest BCUT2D eigenvalue weighted by atomic mass is 16.5. The molecule has 0 fully saturated rings. The fourth-order valence-electron chi connectivity index (χ4n) is 1.91. The minimum atomic E-state index is -0.718. The lowest BCUT2D eigenvalue weighted by molar-refractivity contribution is -0.123. The number of hydrogen-bond donors (Lipinski definition) is 2. The van der Waals surface area contributed by atoms with Gasteiger partial charge < -0.3 is 19.5 Å². The summed E-state index contributed by atoms with van der Waals surface area (Å²) in [5, 5.41) is 4.57. The van der Waals surface area contributed by atoms with Gasteiger partial charge in [-0.15, -0.1) is 0 Å². The Morgan fingerprint density at radius 3 is 2.42 bits per heavy atom. The molecule has 0 aliphatic rings. The average molecular weight is 366 g/mol. The second-order valence-corrected chi connectivity index (χ2v) is 5.70. The van der Waals surface area contributed by atoms with Crippen LogP contribution in [0.15, 0.2) is 18.2 Å². The maximum absolute atomic E-state index is 12.1. The van der Waals surface area contributed by atoms with E-state index in [9.17, 15) is 14.4 Å². The van der Waals surface area contributed by atoms with Crippen molar-refractivity contribution >= 4 is 17.9 Å². The van der Waals surface area contributed by atoms with E-state index < -0.39 is 24.5 Å². The number of esters is 1. The lowest BCUT2D eigenvalue weighted by Crippen LogP contribution is -2.44. The van der Waals surface area contributed by atoms with Crippen molar-refractivity contribution in [1.82, 2.24) is 10.6 Å². The van der Waals surface area contributed by atoms with Gasteiger partial charge in [-0.25, -0.2) is 9.59 Å². The van der Waals surface area contributed by atoms with Crippen LogP contribution in [0.4, 0.5) is 4.79 Å². The van der Waals surface area contributed by atoms with E-state index in [-0.39, 0.29) is 11.6 Å². The van der Waals surface area contributed by atoms with Crippen molar-refractivity contribution in [2.75, 3.05) is 19.8 Å². The number of nitrogens with one attached hydrogen (secondary N) is 2. The molecule has 1 rings (SSSR count). The molecule has 0 atom stereocenters. The lowest BCUT2D eigenvalue weighted by Gasteiger charge is -2.13. The summed E-state index contributed by atoms with van der Waals surface area (Å²) in [5.41, 5.74) is 0.219. The van der Waals surface area contributed by atoms with Gasteiger partial charge in [0.25, 0.3) is 5.91 Å². The molecule has 1 aromatic rings. The Hall–Kier alpha value is -2.77. The number of urea groups is 1. The molecule has 1 aromatic carbocycles. The Morgan fingerprint density at radius 1 is 1.08 bits per heavy atom. The number of amides is 3. The molecule has 0 heterocycles. The van der Waals surface area contributed by atoms with E-state index >= 15 is 0 Å². The first-order valence-electron chi connectivity index (χ1n) is 8.54. The molecule has 0 aliphatic heterocycles. The Bertz CT molecular complexity index is 630. The predicted octanol–water partition coefficient (Wildman–Crippen LogP) is 2.27. The van der Waals surface area contributed by atoms with Gasteiger partial charge in [-0.1, -0.05) is 6.92 Å². The van der Waals surface area contributed by atoms with Crippen molar-refractivity contribution in [3.05, 3.63) is 23.8 Å². The number of imide groups is 1. The molecule has 26 heavy (non-hydrogen) atoms. The van der Waals surface area contributed by atoms with E-state index in [1.54, 1.807) is 19.9 Å². The minimum Gasteiger partial charge on any atom is -0.490 e. The SMILES string of the molecule is CCCOc1ccc(C(=O)OCC(=O)NC(=O)NC(C)C)cc1OCC. The van der Waals surface area contributed by atoms with Crippen LogP contribution in [-0.4, -0.2) is 43.8 Å². The summed E-state index contributed by atoms with van der Waals surface area (Å²) >= 11 is 0. The van der Waals surface area contributed by atoms with Crippen molar-refractivity contribution in [3.8, 4) is 11.5 Å². The van der Waals surface area contributed by atoms with Crippen LogP contribution in [0.5, 0.6) is 11.5 Å². The number of ether oxygens (including phenoxy) is 3. The Morgan fingerprint density at radius 2 is 1.81 bits per heavy atom. The Balaban J connectivity index is 2.64. The van der Waals surface area contributed by atoms with E-state index in [0.29, 0.717) is 24.7 Å². The first-order chi connectivity index (χ1) is 12.4. The topological polar surface area (TPSA) is 103 Å². The standard InChI is InChI=1S/C18H26N2O6/c1-5-9-25-14-8-7-13(10-15(14)24-6-2)17(22)26-11-16(21)20-18(23)19-12(3)4/h7-8,10,12H,5-6,9,11H2,1-4H3,(H2,19,20,21,23). The summed E-state index contributed by atoms with van der Waals surface area (Å²) in [6.45, 7) is 7.70. The van der Waals surface area contributed by atoms with Crippen LogP contribution in [0.2, 0.25) is 0 Å². The van der Waals surface area contributed by atoms with Crippen molar-refractivity contribution in [1.29, 1.82) is 0 Å². The summed E-state index contributed by atoms with van der Waals surface area (Å²) in [6.07, 6.45) is 0.842. The molecule has 0 spiro atoms. The highest BCUT2D eigenvalue weighted by molar-refractivity contribution is 5.97. The van der Waals surface area contributed by atoms with E-state index in [1.165, 1.54) is 12.1 Å². The number of benzene rings is 1. The lowest BCUT2D eigenvalue weighted by atomic mass is 10.2. The number of carbonyl (C=O) groups excluding carboxylic acids is 3. The van der Waals surface area contributed by atoms with Gasteiger partial charge in [-0.3, -0.25) is 10.1 Å². The van der Waals surface area contributed by atoms with Gasteiger partial charge in [0.2, 0.25) is 0 Å². The molecule has 0 saturated heterocycles. The van der Waals surface area contributed by atoms with Crippen LogP contribution >= 0.6 is 0 Å². The van der Waals surface area contributed by atoms with Crippen LogP contribution in [0.1, 0.15) is 44.5 Å². The van der Waals surface area contributed by atoms with Crippen LogP contribution < -0.4 is 20.1 Å². The summed E-state index contributed by atoms with van der Waals surface area (Å²) < 4.78 is 16.0. The van der Waals surface area contributed by atoms with Gasteiger partial charge in [-0.2, -0.15) is 0 Å². The molecule has 8 nitrogen and oxygen atoms in total. The molecule has 3 amide bonds. The average Bonchev–Trinajstić information content (AvgIpc) is 2.58. The maximum atomic E-state index is 12.1. The van der Waals surface area contributed by atoms with Crippen molar-refractivity contribution in [2.45, 2.75) is 40.2 Å². The highest BCUT2D eigenvalue weighted by Gasteiger charge is 2.15. The molecule has 0 aliphatic carbocycles. The van der Waals surface area contributed by atoms with Crippen LogP contribution in [0.3, 0.4) is 0 Å². The van der Waals surface area contributed by atoms with Crippen molar-refractivity contribution in [3.63, 3.8) is 0 Å². The zero-order chi connectivity index (χ0) is 19.5. The predicted molar refractivity (Wildman–Crippen MR) is 95.5 cm³/mol. The molecule has 0 bridgehead atoms. The molecular formula is C18H26N2O6. The van der Waals surface area contributed by atoms with Gasteiger partial charge >= 0.3 is 12.0 Å². The highest BCUT2D eigenvalue weighted by Crippen LogP contribution is 2.29. The van der Waals surface area contributed by atoms with Gasteiger partial charge in [-0.05, 0) is 45.4 Å². The molecule has 0 radical (unpaired) electrons. The largest absolute Gasteiger partial charge is 0.490 e. The molecule has 2 N–H and O–H groups in total. The maximum Gasteiger partial charge on any atom is 0.338 e. The first-order valence-corrected chi connectivity index (χ1v) is 8.54. The van der Waals surface area contributed by atoms with Crippen LogP contribution in [0.25, 0.3) is 0 Å². The van der Waals surface area contributed by atoms with Gasteiger partial charge in [0.1, 0.15) is 0 Å². The summed E-state index contributed by atoms with van der Waals surface area (Å²) in [6, 6.07) is 3.89. The van der Waals surface area contributed by atoms with Crippen molar-refractivity contribution < 1.29 is 28.6 Å². The fraction of sp³-hybridized carbons (Fsp3) is 0.500. The molecule has 0 aromatic heterocycles.